The fourth-order valence-electron chi connectivity index (χ4n) is 2.67. The summed E-state index contributed by atoms with van der Waals surface area (Å²) in [4.78, 5) is 2.40. The zero-order chi connectivity index (χ0) is 10.9. The van der Waals surface area contributed by atoms with Gasteiger partial charge in [-0.25, -0.2) is 8.42 Å². The van der Waals surface area contributed by atoms with Crippen LogP contribution in [0.25, 0.3) is 0 Å². The molecule has 0 bridgehead atoms. The lowest BCUT2D eigenvalue weighted by molar-refractivity contribution is 0.115. The van der Waals surface area contributed by atoms with Gasteiger partial charge in [-0.15, -0.1) is 0 Å². The molecule has 88 valence electrons. The van der Waals surface area contributed by atoms with Gasteiger partial charge in [0.2, 0.25) is 0 Å². The third kappa shape index (κ3) is 2.52. The zero-order valence-electron chi connectivity index (χ0n) is 9.28. The Morgan fingerprint density at radius 1 is 1.47 bits per heavy atom. The van der Waals surface area contributed by atoms with Crippen molar-refractivity contribution in [1.29, 1.82) is 0 Å². The lowest BCUT2D eigenvalue weighted by atomic mass is 10.1. The van der Waals surface area contributed by atoms with Gasteiger partial charge in [0.25, 0.3) is 0 Å². The molecule has 0 amide bonds. The summed E-state index contributed by atoms with van der Waals surface area (Å²) >= 11 is 0. The molecule has 0 saturated carbocycles. The van der Waals surface area contributed by atoms with Crippen molar-refractivity contribution in [3.05, 3.63) is 0 Å². The average Bonchev–Trinajstić information content (AvgIpc) is 2.59. The first kappa shape index (κ1) is 11.4. The molecule has 4 nitrogen and oxygen atoms in total. The Hall–Kier alpha value is -0.130. The molecule has 2 heterocycles. The normalized spacial score (nSPS) is 36.9. The molecule has 2 fully saturated rings. The molecule has 2 rings (SSSR count). The maximum atomic E-state index is 11.4. The first-order chi connectivity index (χ1) is 7.12. The molecular formula is C10H20N2O2S. The highest BCUT2D eigenvalue weighted by molar-refractivity contribution is 7.91. The van der Waals surface area contributed by atoms with Crippen LogP contribution in [0.1, 0.15) is 19.8 Å². The maximum Gasteiger partial charge on any atom is 0.151 e. The van der Waals surface area contributed by atoms with Crippen molar-refractivity contribution < 1.29 is 8.42 Å². The Balaban J connectivity index is 2.03. The van der Waals surface area contributed by atoms with Gasteiger partial charge >= 0.3 is 0 Å². The second-order valence-corrected chi connectivity index (χ2v) is 6.79. The number of nitrogens with one attached hydrogen (secondary N) is 1. The average molecular weight is 232 g/mol. The Morgan fingerprint density at radius 3 is 2.87 bits per heavy atom. The first-order valence-corrected chi connectivity index (χ1v) is 7.61. The lowest BCUT2D eigenvalue weighted by Gasteiger charge is -2.39. The van der Waals surface area contributed by atoms with E-state index in [2.05, 4.69) is 17.1 Å². The molecule has 5 heteroatoms. The van der Waals surface area contributed by atoms with Gasteiger partial charge in [0.1, 0.15) is 0 Å². The maximum absolute atomic E-state index is 11.4. The van der Waals surface area contributed by atoms with Gasteiger partial charge in [-0.1, -0.05) is 6.92 Å². The summed E-state index contributed by atoms with van der Waals surface area (Å²) in [5.74, 6) is 0.765. The molecule has 0 aromatic heterocycles. The number of nitrogens with zero attached hydrogens (tertiary/aromatic N) is 1. The van der Waals surface area contributed by atoms with Crippen LogP contribution in [0, 0.1) is 0 Å². The van der Waals surface area contributed by atoms with Crippen LogP contribution in [0.5, 0.6) is 0 Å². The zero-order valence-corrected chi connectivity index (χ0v) is 10.1. The van der Waals surface area contributed by atoms with Crippen LogP contribution in [0.2, 0.25) is 0 Å². The van der Waals surface area contributed by atoms with E-state index < -0.39 is 9.84 Å². The van der Waals surface area contributed by atoms with Crippen molar-refractivity contribution in [2.24, 2.45) is 0 Å². The molecule has 0 aromatic carbocycles. The predicted octanol–water partition coefficient (Wildman–Crippen LogP) is -0.143. The lowest BCUT2D eigenvalue weighted by Crippen LogP contribution is -2.55. The number of hydrogen-bond acceptors (Lipinski definition) is 4. The van der Waals surface area contributed by atoms with Crippen LogP contribution < -0.4 is 5.32 Å². The van der Waals surface area contributed by atoms with Gasteiger partial charge in [0, 0.05) is 31.7 Å². The van der Waals surface area contributed by atoms with Crippen LogP contribution in [0.4, 0.5) is 0 Å². The second-order valence-electron chi connectivity index (χ2n) is 4.56. The number of piperazine rings is 1. The Bertz CT molecular complexity index is 315. The number of hydrogen-bond donors (Lipinski definition) is 1. The molecule has 15 heavy (non-hydrogen) atoms. The van der Waals surface area contributed by atoms with E-state index >= 15 is 0 Å². The molecule has 0 aromatic rings. The third-order valence-corrected chi connectivity index (χ3v) is 5.29. The Kier molecular flexibility index (Phi) is 3.33. The monoisotopic (exact) mass is 232 g/mol. The van der Waals surface area contributed by atoms with E-state index in [0.29, 0.717) is 17.5 Å². The van der Waals surface area contributed by atoms with Crippen molar-refractivity contribution in [2.75, 3.05) is 31.1 Å². The van der Waals surface area contributed by atoms with Gasteiger partial charge in [0.05, 0.1) is 11.5 Å². The van der Waals surface area contributed by atoms with Crippen LogP contribution in [-0.2, 0) is 9.84 Å². The molecule has 0 spiro atoms. The molecule has 1 N–H and O–H groups in total. The highest BCUT2D eigenvalue weighted by atomic mass is 32.2. The molecule has 2 unspecified atom stereocenters. The predicted molar refractivity (Wildman–Crippen MR) is 60.7 cm³/mol. The molecule has 2 atom stereocenters. The summed E-state index contributed by atoms with van der Waals surface area (Å²) in [7, 11) is -2.74. The van der Waals surface area contributed by atoms with Gasteiger partial charge < -0.3 is 5.32 Å². The van der Waals surface area contributed by atoms with Gasteiger partial charge in [0.15, 0.2) is 9.84 Å². The quantitative estimate of drug-likeness (QED) is 0.720. The Morgan fingerprint density at radius 2 is 2.27 bits per heavy atom. The molecule has 2 saturated heterocycles. The summed E-state index contributed by atoms with van der Waals surface area (Å²) in [5, 5.41) is 3.37. The summed E-state index contributed by atoms with van der Waals surface area (Å²) in [5.41, 5.74) is 0. The fourth-order valence-corrected chi connectivity index (χ4v) is 4.42. The summed E-state index contributed by atoms with van der Waals surface area (Å²) in [6, 6.07) is 0.805. The van der Waals surface area contributed by atoms with E-state index in [9.17, 15) is 8.42 Å². The van der Waals surface area contributed by atoms with Crippen LogP contribution in [-0.4, -0.2) is 56.5 Å². The van der Waals surface area contributed by atoms with E-state index in [0.717, 1.165) is 32.5 Å². The van der Waals surface area contributed by atoms with Gasteiger partial charge in [-0.2, -0.15) is 0 Å². The van der Waals surface area contributed by atoms with Crippen LogP contribution >= 0.6 is 0 Å². The van der Waals surface area contributed by atoms with Crippen LogP contribution in [0.15, 0.2) is 0 Å². The Labute approximate surface area is 91.9 Å². The van der Waals surface area contributed by atoms with E-state index in [1.165, 1.54) is 0 Å². The SMILES string of the molecule is CCC1CNCCN1C1CCS(=O)(=O)C1. The molecule has 0 aliphatic carbocycles. The highest BCUT2D eigenvalue weighted by Crippen LogP contribution is 2.21. The van der Waals surface area contributed by atoms with E-state index in [1.54, 1.807) is 0 Å². The minimum absolute atomic E-state index is 0.280. The number of rotatable bonds is 2. The molecule has 2 aliphatic rings. The van der Waals surface area contributed by atoms with Crippen molar-refractivity contribution in [1.82, 2.24) is 10.2 Å². The minimum atomic E-state index is -2.74. The first-order valence-electron chi connectivity index (χ1n) is 5.79. The van der Waals surface area contributed by atoms with Gasteiger partial charge in [-0.3, -0.25) is 4.90 Å². The smallest absolute Gasteiger partial charge is 0.151 e. The molecule has 0 radical (unpaired) electrons. The summed E-state index contributed by atoms with van der Waals surface area (Å²) in [6.45, 7) is 5.17. The van der Waals surface area contributed by atoms with Crippen molar-refractivity contribution >= 4 is 9.84 Å². The van der Waals surface area contributed by atoms with E-state index in [4.69, 9.17) is 0 Å². The minimum Gasteiger partial charge on any atom is -0.314 e. The summed E-state index contributed by atoms with van der Waals surface area (Å²) in [6.07, 6.45) is 1.93. The molecule has 2 aliphatic heterocycles. The fraction of sp³-hybridized carbons (Fsp3) is 1.00. The summed E-state index contributed by atoms with van der Waals surface area (Å²) < 4.78 is 22.9. The van der Waals surface area contributed by atoms with Crippen LogP contribution in [0.3, 0.4) is 0 Å². The largest absolute Gasteiger partial charge is 0.314 e. The van der Waals surface area contributed by atoms with Crippen molar-refractivity contribution in [3.8, 4) is 0 Å². The topological polar surface area (TPSA) is 49.4 Å². The second kappa shape index (κ2) is 4.39. The standard InChI is InChI=1S/C10H20N2O2S/c1-2-9-7-11-4-5-12(9)10-3-6-15(13,14)8-10/h9-11H,2-8H2,1H3. The van der Waals surface area contributed by atoms with Crippen molar-refractivity contribution in [3.63, 3.8) is 0 Å². The molecular weight excluding hydrogens is 212 g/mol. The van der Waals surface area contributed by atoms with Crippen molar-refractivity contribution in [2.45, 2.75) is 31.8 Å². The van der Waals surface area contributed by atoms with Gasteiger partial charge in [-0.05, 0) is 12.8 Å². The highest BCUT2D eigenvalue weighted by Gasteiger charge is 2.35. The van der Waals surface area contributed by atoms with E-state index in [1.807, 2.05) is 0 Å². The third-order valence-electron chi connectivity index (χ3n) is 3.54. The number of sulfone groups is 1. The van der Waals surface area contributed by atoms with E-state index in [-0.39, 0.29) is 6.04 Å².